The first-order chi connectivity index (χ1) is 12.9. The van der Waals surface area contributed by atoms with E-state index in [1.165, 1.54) is 142 Å². The molecule has 0 unspecified atom stereocenters. The molecule has 4 heteroatoms. The molecule has 0 aromatic rings. The molecular weight excluding hydrogens is 476 g/mol. The maximum absolute atomic E-state index is 3.61. The summed E-state index contributed by atoms with van der Waals surface area (Å²) in [5, 5.41) is 7.23. The summed E-state index contributed by atoms with van der Waals surface area (Å²) in [5.41, 5.74) is 0. The minimum absolute atomic E-state index is 0. The van der Waals surface area contributed by atoms with Gasteiger partial charge < -0.3 is 10.6 Å². The summed E-state index contributed by atoms with van der Waals surface area (Å²) in [6.45, 7) is 9.50. The number of halogens is 2. The summed E-state index contributed by atoms with van der Waals surface area (Å²) in [5.74, 6) is 0. The fourth-order valence-electron chi connectivity index (χ4n) is 3.52. The zero-order valence-electron chi connectivity index (χ0n) is 19.4. The van der Waals surface area contributed by atoms with Crippen molar-refractivity contribution in [2.24, 2.45) is 0 Å². The molecule has 0 spiro atoms. The van der Waals surface area contributed by atoms with E-state index in [1.54, 1.807) is 0 Å². The van der Waals surface area contributed by atoms with Crippen molar-refractivity contribution < 1.29 is 0 Å². The summed E-state index contributed by atoms with van der Waals surface area (Å²) in [6, 6.07) is 0. The van der Waals surface area contributed by atoms with Gasteiger partial charge in [-0.15, -0.1) is 34.0 Å². The van der Waals surface area contributed by atoms with Crippen molar-refractivity contribution in [1.29, 1.82) is 0 Å². The summed E-state index contributed by atoms with van der Waals surface area (Å²) in [4.78, 5) is 0. The van der Waals surface area contributed by atoms with Crippen molar-refractivity contribution >= 4 is 34.0 Å². The Morgan fingerprint density at radius 3 is 0.786 bits per heavy atom. The van der Waals surface area contributed by atoms with Crippen molar-refractivity contribution in [2.45, 2.75) is 129 Å². The van der Waals surface area contributed by atoms with Crippen LogP contribution in [0.4, 0.5) is 0 Å². The monoisotopic (exact) mass is 528 g/mol. The Hall–Kier alpha value is 0.880. The van der Waals surface area contributed by atoms with E-state index in [2.05, 4.69) is 24.5 Å². The number of unbranched alkanes of at least 4 members (excludes halogenated alkanes) is 15. The molecule has 0 aliphatic rings. The minimum atomic E-state index is 0. The zero-order valence-corrected chi connectivity index (χ0v) is 22.8. The number of hydrogen-bond acceptors (Lipinski definition) is 2. The lowest BCUT2D eigenvalue weighted by atomic mass is 10.1. The standard InChI is InChI=1S/C24H52N2.2BrH/c1-3-5-7-9-13-17-21-25-23-19-15-11-12-16-20-24-26-22-18-14-10-8-6-4-2;;/h25-26H,3-24H2,1-2H3;2*1H. The Morgan fingerprint density at radius 1 is 0.321 bits per heavy atom. The molecule has 0 aliphatic carbocycles. The summed E-state index contributed by atoms with van der Waals surface area (Å²) < 4.78 is 0. The fraction of sp³-hybridized carbons (Fsp3) is 1.00. The van der Waals surface area contributed by atoms with E-state index in [9.17, 15) is 0 Å². The molecule has 28 heavy (non-hydrogen) atoms. The quantitative estimate of drug-likeness (QED) is 0.130. The average molecular weight is 531 g/mol. The van der Waals surface area contributed by atoms with Crippen LogP contribution in [0.5, 0.6) is 0 Å². The van der Waals surface area contributed by atoms with E-state index >= 15 is 0 Å². The van der Waals surface area contributed by atoms with Gasteiger partial charge in [0.05, 0.1) is 0 Å². The van der Waals surface area contributed by atoms with Gasteiger partial charge in [0.2, 0.25) is 0 Å². The van der Waals surface area contributed by atoms with E-state index in [1.807, 2.05) is 0 Å². The van der Waals surface area contributed by atoms with Gasteiger partial charge in [-0.05, 0) is 51.9 Å². The van der Waals surface area contributed by atoms with Gasteiger partial charge in [0.15, 0.2) is 0 Å². The van der Waals surface area contributed by atoms with Crippen LogP contribution in [0.3, 0.4) is 0 Å². The van der Waals surface area contributed by atoms with E-state index in [-0.39, 0.29) is 34.0 Å². The lowest BCUT2D eigenvalue weighted by molar-refractivity contribution is 0.528. The van der Waals surface area contributed by atoms with Crippen molar-refractivity contribution in [3.8, 4) is 0 Å². The molecule has 174 valence electrons. The van der Waals surface area contributed by atoms with Crippen LogP contribution < -0.4 is 10.6 Å². The van der Waals surface area contributed by atoms with Gasteiger partial charge in [-0.2, -0.15) is 0 Å². The molecule has 0 atom stereocenters. The Bertz CT molecular complexity index is 217. The lowest BCUT2D eigenvalue weighted by Gasteiger charge is -2.06. The first kappa shape index (κ1) is 33.5. The van der Waals surface area contributed by atoms with Gasteiger partial charge in [0.1, 0.15) is 0 Å². The highest BCUT2D eigenvalue weighted by Crippen LogP contribution is 2.06. The van der Waals surface area contributed by atoms with Gasteiger partial charge >= 0.3 is 0 Å². The topological polar surface area (TPSA) is 24.1 Å². The Balaban J connectivity index is -0.00000312. The molecule has 0 bridgehead atoms. The fourth-order valence-corrected chi connectivity index (χ4v) is 3.52. The zero-order chi connectivity index (χ0) is 19.0. The normalized spacial score (nSPS) is 10.5. The molecule has 0 saturated heterocycles. The summed E-state index contributed by atoms with van der Waals surface area (Å²) in [6.07, 6.45) is 25.3. The molecular formula is C24H54Br2N2. The van der Waals surface area contributed by atoms with Crippen LogP contribution in [0.25, 0.3) is 0 Å². The molecule has 0 radical (unpaired) electrons. The third-order valence-electron chi connectivity index (χ3n) is 5.37. The maximum Gasteiger partial charge on any atom is -0.00489 e. The molecule has 0 heterocycles. The summed E-state index contributed by atoms with van der Waals surface area (Å²) >= 11 is 0. The second kappa shape index (κ2) is 32.5. The molecule has 0 aromatic heterocycles. The molecule has 0 amide bonds. The predicted molar refractivity (Wildman–Crippen MR) is 141 cm³/mol. The second-order valence-corrected chi connectivity index (χ2v) is 8.16. The van der Waals surface area contributed by atoms with Crippen molar-refractivity contribution in [2.75, 3.05) is 26.2 Å². The molecule has 2 nitrogen and oxygen atoms in total. The smallest absolute Gasteiger partial charge is 0.00489 e. The summed E-state index contributed by atoms with van der Waals surface area (Å²) in [7, 11) is 0. The highest BCUT2D eigenvalue weighted by atomic mass is 79.9. The molecule has 2 N–H and O–H groups in total. The highest BCUT2D eigenvalue weighted by Gasteiger charge is 1.94. The molecule has 0 saturated carbocycles. The van der Waals surface area contributed by atoms with Crippen LogP contribution in [-0.4, -0.2) is 26.2 Å². The minimum Gasteiger partial charge on any atom is -0.317 e. The van der Waals surface area contributed by atoms with E-state index in [4.69, 9.17) is 0 Å². The average Bonchev–Trinajstić information content (AvgIpc) is 2.66. The Labute approximate surface area is 199 Å². The van der Waals surface area contributed by atoms with E-state index < -0.39 is 0 Å². The molecule has 0 aromatic carbocycles. The molecule has 0 aliphatic heterocycles. The van der Waals surface area contributed by atoms with Gasteiger partial charge in [-0.1, -0.05) is 104 Å². The largest absolute Gasteiger partial charge is 0.317 e. The highest BCUT2D eigenvalue weighted by molar-refractivity contribution is 8.93. The maximum atomic E-state index is 3.61. The van der Waals surface area contributed by atoms with Crippen molar-refractivity contribution in [1.82, 2.24) is 10.6 Å². The van der Waals surface area contributed by atoms with Gasteiger partial charge in [0, 0.05) is 0 Å². The van der Waals surface area contributed by atoms with Crippen LogP contribution in [0.1, 0.15) is 129 Å². The van der Waals surface area contributed by atoms with Crippen LogP contribution in [0.15, 0.2) is 0 Å². The van der Waals surface area contributed by atoms with Gasteiger partial charge in [0.25, 0.3) is 0 Å². The first-order valence-corrected chi connectivity index (χ1v) is 12.3. The SMILES string of the molecule is Br.Br.CCCCCCCCNCCCCCCCCNCCCCCCCC. The van der Waals surface area contributed by atoms with E-state index in [0.29, 0.717) is 0 Å². The first-order valence-electron chi connectivity index (χ1n) is 12.3. The molecule has 0 rings (SSSR count). The third-order valence-corrected chi connectivity index (χ3v) is 5.37. The Kier molecular flexibility index (Phi) is 39.0. The van der Waals surface area contributed by atoms with Gasteiger partial charge in [-0.25, -0.2) is 0 Å². The van der Waals surface area contributed by atoms with Crippen molar-refractivity contribution in [3.63, 3.8) is 0 Å². The van der Waals surface area contributed by atoms with Gasteiger partial charge in [-0.3, -0.25) is 0 Å². The number of rotatable bonds is 23. The predicted octanol–water partition coefficient (Wildman–Crippen LogP) is 8.38. The lowest BCUT2D eigenvalue weighted by Crippen LogP contribution is -2.17. The number of nitrogens with one attached hydrogen (secondary N) is 2. The van der Waals surface area contributed by atoms with Crippen LogP contribution >= 0.6 is 34.0 Å². The van der Waals surface area contributed by atoms with Crippen LogP contribution in [0, 0.1) is 0 Å². The molecule has 0 fully saturated rings. The van der Waals surface area contributed by atoms with Crippen LogP contribution in [-0.2, 0) is 0 Å². The van der Waals surface area contributed by atoms with E-state index in [0.717, 1.165) is 0 Å². The number of hydrogen-bond donors (Lipinski definition) is 2. The van der Waals surface area contributed by atoms with Crippen LogP contribution in [0.2, 0.25) is 0 Å². The van der Waals surface area contributed by atoms with Crippen molar-refractivity contribution in [3.05, 3.63) is 0 Å². The third kappa shape index (κ3) is 31.6. The second-order valence-electron chi connectivity index (χ2n) is 8.16. The Morgan fingerprint density at radius 2 is 0.536 bits per heavy atom.